The maximum Gasteiger partial charge on any atom is 0.261 e. The Morgan fingerprint density at radius 2 is 1.73 bits per heavy atom. The van der Waals surface area contributed by atoms with E-state index in [-0.39, 0.29) is 17.7 Å². The highest BCUT2D eigenvalue weighted by atomic mass is 32.1. The normalized spacial score (nSPS) is 14.7. The Hall–Kier alpha value is -3.00. The minimum absolute atomic E-state index is 0.154. The van der Waals surface area contributed by atoms with Gasteiger partial charge >= 0.3 is 0 Å². The number of unbranched alkanes of at least 4 members (excludes halogenated alkanes) is 2. The molecule has 0 fully saturated rings. The lowest BCUT2D eigenvalue weighted by Gasteiger charge is -2.13. The van der Waals surface area contributed by atoms with Crippen LogP contribution in [0, 0.1) is 0 Å². The molecule has 1 aliphatic carbocycles. The zero-order valence-corrected chi connectivity index (χ0v) is 17.3. The van der Waals surface area contributed by atoms with Crippen LogP contribution in [-0.2, 0) is 17.6 Å². The zero-order chi connectivity index (χ0) is 21.3. The first-order valence-electron chi connectivity index (χ1n) is 10.2. The average molecular weight is 426 g/mol. The highest BCUT2D eigenvalue weighted by Crippen LogP contribution is 2.38. The first-order valence-corrected chi connectivity index (χ1v) is 11.0. The summed E-state index contributed by atoms with van der Waals surface area (Å²) in [6.07, 6.45) is 5.06. The van der Waals surface area contributed by atoms with Crippen molar-refractivity contribution in [3.05, 3.63) is 51.4 Å². The molecule has 0 atom stereocenters. The van der Waals surface area contributed by atoms with Crippen molar-refractivity contribution in [2.75, 3.05) is 11.9 Å². The van der Waals surface area contributed by atoms with Crippen LogP contribution >= 0.6 is 11.3 Å². The quantitative estimate of drug-likeness (QED) is 0.500. The van der Waals surface area contributed by atoms with Crippen molar-refractivity contribution in [2.24, 2.45) is 5.73 Å². The third kappa shape index (κ3) is 3.75. The molecule has 0 saturated heterocycles. The van der Waals surface area contributed by atoms with Gasteiger partial charge in [0.05, 0.1) is 16.7 Å². The van der Waals surface area contributed by atoms with E-state index in [4.69, 9.17) is 5.73 Å². The number of hydrogen-bond acceptors (Lipinski definition) is 5. The molecule has 4 rings (SSSR count). The molecular weight excluding hydrogens is 402 g/mol. The summed E-state index contributed by atoms with van der Waals surface area (Å²) in [6, 6.07) is 6.83. The molecule has 1 aliphatic heterocycles. The van der Waals surface area contributed by atoms with E-state index in [0.29, 0.717) is 53.9 Å². The minimum Gasteiger partial charge on any atom is -0.365 e. The van der Waals surface area contributed by atoms with Crippen molar-refractivity contribution < 1.29 is 19.2 Å². The molecule has 1 aromatic heterocycles. The fraction of sp³-hybridized carbons (Fsp3) is 0.364. The van der Waals surface area contributed by atoms with Crippen LogP contribution in [0.25, 0.3) is 0 Å². The third-order valence-electron chi connectivity index (χ3n) is 5.58. The van der Waals surface area contributed by atoms with Gasteiger partial charge in [0, 0.05) is 17.8 Å². The predicted octanol–water partition coefficient (Wildman–Crippen LogP) is 3.13. The molecule has 7 nitrogen and oxygen atoms in total. The van der Waals surface area contributed by atoms with Gasteiger partial charge < -0.3 is 11.1 Å². The van der Waals surface area contributed by atoms with Crippen molar-refractivity contribution in [1.82, 2.24) is 4.90 Å². The van der Waals surface area contributed by atoms with Gasteiger partial charge in [-0.25, -0.2) is 0 Å². The second-order valence-electron chi connectivity index (χ2n) is 7.59. The molecular formula is C22H23N3O4S. The zero-order valence-electron chi connectivity index (χ0n) is 16.5. The fourth-order valence-corrected chi connectivity index (χ4v) is 5.43. The molecule has 8 heteroatoms. The number of nitrogens with one attached hydrogen (secondary N) is 1. The lowest BCUT2D eigenvalue weighted by Crippen LogP contribution is -2.30. The van der Waals surface area contributed by atoms with Crippen LogP contribution in [0.4, 0.5) is 5.00 Å². The smallest absolute Gasteiger partial charge is 0.261 e. The Labute approximate surface area is 178 Å². The van der Waals surface area contributed by atoms with Crippen LogP contribution < -0.4 is 11.1 Å². The van der Waals surface area contributed by atoms with Crippen molar-refractivity contribution in [1.29, 1.82) is 0 Å². The molecule has 0 bridgehead atoms. The van der Waals surface area contributed by atoms with E-state index >= 15 is 0 Å². The molecule has 0 spiro atoms. The number of nitrogens with zero attached hydrogens (tertiary/aromatic N) is 1. The summed E-state index contributed by atoms with van der Waals surface area (Å²) in [5.41, 5.74) is 7.88. The lowest BCUT2D eigenvalue weighted by molar-refractivity contribution is -0.116. The van der Waals surface area contributed by atoms with Crippen molar-refractivity contribution in [2.45, 2.75) is 44.9 Å². The Morgan fingerprint density at radius 3 is 2.40 bits per heavy atom. The number of benzene rings is 1. The Morgan fingerprint density at radius 1 is 1.03 bits per heavy atom. The molecule has 156 valence electrons. The number of anilines is 1. The summed E-state index contributed by atoms with van der Waals surface area (Å²) in [5.74, 6) is -1.15. The van der Waals surface area contributed by atoms with Gasteiger partial charge in [0.25, 0.3) is 17.7 Å². The third-order valence-corrected chi connectivity index (χ3v) is 6.79. The van der Waals surface area contributed by atoms with Crippen molar-refractivity contribution in [3.63, 3.8) is 0 Å². The van der Waals surface area contributed by atoms with E-state index in [1.54, 1.807) is 24.3 Å². The summed E-state index contributed by atoms with van der Waals surface area (Å²) in [5, 5.41) is 3.40. The Bertz CT molecular complexity index is 1010. The van der Waals surface area contributed by atoms with E-state index in [1.165, 1.54) is 16.2 Å². The maximum atomic E-state index is 12.3. The molecule has 2 heterocycles. The monoisotopic (exact) mass is 425 g/mol. The van der Waals surface area contributed by atoms with Crippen LogP contribution in [0.5, 0.6) is 0 Å². The largest absolute Gasteiger partial charge is 0.365 e. The van der Waals surface area contributed by atoms with Gasteiger partial charge in [-0.15, -0.1) is 11.3 Å². The second kappa shape index (κ2) is 8.39. The number of amides is 4. The van der Waals surface area contributed by atoms with E-state index < -0.39 is 5.91 Å². The van der Waals surface area contributed by atoms with Crippen LogP contribution in [0.3, 0.4) is 0 Å². The van der Waals surface area contributed by atoms with E-state index in [1.807, 2.05) is 0 Å². The number of nitrogens with two attached hydrogens (primary N) is 1. The van der Waals surface area contributed by atoms with Crippen LogP contribution in [-0.4, -0.2) is 35.1 Å². The first-order chi connectivity index (χ1) is 14.5. The SMILES string of the molecule is NC(=O)c1c(NC(=O)CCCCCN2C(=O)c3ccccc3C2=O)sc2c1CCC2. The number of fused-ring (bicyclic) bond motifs is 2. The van der Waals surface area contributed by atoms with Gasteiger partial charge in [0.2, 0.25) is 5.91 Å². The molecule has 0 radical (unpaired) electrons. The first kappa shape index (κ1) is 20.3. The highest BCUT2D eigenvalue weighted by Gasteiger charge is 2.34. The number of primary amides is 1. The van der Waals surface area contributed by atoms with Gasteiger partial charge in [-0.1, -0.05) is 18.6 Å². The van der Waals surface area contributed by atoms with Crippen molar-refractivity contribution in [3.8, 4) is 0 Å². The average Bonchev–Trinajstić information content (AvgIpc) is 3.36. The molecule has 0 saturated carbocycles. The van der Waals surface area contributed by atoms with Gasteiger partial charge in [-0.05, 0) is 49.8 Å². The molecule has 2 aromatic rings. The second-order valence-corrected chi connectivity index (χ2v) is 8.70. The summed E-state index contributed by atoms with van der Waals surface area (Å²) < 4.78 is 0. The Balaban J connectivity index is 1.24. The van der Waals surface area contributed by atoms with E-state index in [0.717, 1.165) is 29.7 Å². The topological polar surface area (TPSA) is 110 Å². The fourth-order valence-electron chi connectivity index (χ4n) is 4.12. The molecule has 30 heavy (non-hydrogen) atoms. The summed E-state index contributed by atoms with van der Waals surface area (Å²) >= 11 is 1.45. The molecule has 2 aliphatic rings. The lowest BCUT2D eigenvalue weighted by atomic mass is 10.1. The number of thiophene rings is 1. The van der Waals surface area contributed by atoms with E-state index in [2.05, 4.69) is 5.32 Å². The van der Waals surface area contributed by atoms with Crippen LogP contribution in [0.2, 0.25) is 0 Å². The van der Waals surface area contributed by atoms with Gasteiger partial charge in [-0.2, -0.15) is 0 Å². The van der Waals surface area contributed by atoms with Gasteiger partial charge in [0.1, 0.15) is 5.00 Å². The van der Waals surface area contributed by atoms with E-state index in [9.17, 15) is 19.2 Å². The maximum absolute atomic E-state index is 12.3. The molecule has 1 aromatic carbocycles. The minimum atomic E-state index is -0.495. The predicted molar refractivity (Wildman–Crippen MR) is 114 cm³/mol. The summed E-state index contributed by atoms with van der Waals surface area (Å²) in [4.78, 5) is 51.2. The molecule has 4 amide bonds. The summed E-state index contributed by atoms with van der Waals surface area (Å²) in [7, 11) is 0. The van der Waals surface area contributed by atoms with Crippen molar-refractivity contribution >= 4 is 40.0 Å². The van der Waals surface area contributed by atoms with Crippen LogP contribution in [0.15, 0.2) is 24.3 Å². The highest BCUT2D eigenvalue weighted by molar-refractivity contribution is 7.17. The molecule has 3 N–H and O–H groups in total. The summed E-state index contributed by atoms with van der Waals surface area (Å²) in [6.45, 7) is 0.345. The number of hydrogen-bond donors (Lipinski definition) is 2. The molecule has 0 unspecified atom stereocenters. The number of rotatable bonds is 8. The number of carbonyl (C=O) groups is 4. The Kier molecular flexibility index (Phi) is 5.67. The van der Waals surface area contributed by atoms with Crippen LogP contribution in [0.1, 0.15) is 73.6 Å². The number of carbonyl (C=O) groups excluding carboxylic acids is 4. The van der Waals surface area contributed by atoms with Gasteiger partial charge in [-0.3, -0.25) is 24.1 Å². The number of aryl methyl sites for hydroxylation is 1. The number of imide groups is 1. The van der Waals surface area contributed by atoms with Gasteiger partial charge in [0.15, 0.2) is 0 Å². The standard InChI is InChI=1S/C22H23N3O4S/c23-19(27)18-15-9-6-10-16(15)30-20(18)24-17(26)11-2-1-5-12-25-21(28)13-7-3-4-8-14(13)22(25)29/h3-4,7-8H,1-2,5-6,9-12H2,(H2,23,27)(H,24,26).